The lowest BCUT2D eigenvalue weighted by Gasteiger charge is -2.33. The molecule has 0 saturated heterocycles. The summed E-state index contributed by atoms with van der Waals surface area (Å²) in [5, 5.41) is 2.89. The second-order valence-corrected chi connectivity index (χ2v) is 11.9. The molecule has 2 aromatic rings. The molecule has 0 heterocycles. The third-order valence-corrected chi connectivity index (χ3v) is 6.64. The number of ether oxygens (including phenoxy) is 1. The van der Waals surface area contributed by atoms with Gasteiger partial charge in [0.15, 0.2) is 0 Å². The fourth-order valence-corrected chi connectivity index (χ4v) is 4.32. The zero-order chi connectivity index (χ0) is 25.7. The van der Waals surface area contributed by atoms with Crippen LogP contribution in [-0.4, -0.2) is 56.6 Å². The molecule has 0 bridgehead atoms. The zero-order valence-corrected chi connectivity index (χ0v) is 22.7. The normalized spacial score (nSPS) is 12.6. The van der Waals surface area contributed by atoms with Gasteiger partial charge in [0.05, 0.1) is 19.1 Å². The Morgan fingerprint density at radius 2 is 1.62 bits per heavy atom. The van der Waals surface area contributed by atoms with E-state index in [1.54, 1.807) is 31.2 Å². The van der Waals surface area contributed by atoms with Crippen molar-refractivity contribution in [3.05, 3.63) is 58.6 Å². The number of halogens is 1. The van der Waals surface area contributed by atoms with Crippen LogP contribution in [0.5, 0.6) is 5.75 Å². The number of sulfonamides is 1. The van der Waals surface area contributed by atoms with Gasteiger partial charge in [0, 0.05) is 16.6 Å². The number of hydrogen-bond donors (Lipinski definition) is 1. The molecule has 0 aliphatic heterocycles. The number of carbonyl (C=O) groups is 2. The molecule has 0 aliphatic rings. The average Bonchev–Trinajstić information content (AvgIpc) is 2.74. The molecule has 1 N–H and O–H groups in total. The standard InChI is InChI=1S/C24H32BrN3O5S/c1-17(23(30)26-24(2,3)4)27(15-18-7-9-19(25)10-8-18)22(29)16-28(34(6,31)32)20-11-13-21(33-5)14-12-20/h7-14,17H,15-16H2,1-6H3,(H,26,30)/t17-/m0/s1. The van der Waals surface area contributed by atoms with E-state index in [1.165, 1.54) is 12.0 Å². The van der Waals surface area contributed by atoms with Gasteiger partial charge in [-0.1, -0.05) is 28.1 Å². The van der Waals surface area contributed by atoms with Crippen LogP contribution in [-0.2, 0) is 26.2 Å². The average molecular weight is 555 g/mol. The number of hydrogen-bond acceptors (Lipinski definition) is 5. The lowest BCUT2D eigenvalue weighted by atomic mass is 10.1. The summed E-state index contributed by atoms with van der Waals surface area (Å²) in [6.07, 6.45) is 1.04. The molecule has 0 fully saturated rings. The summed E-state index contributed by atoms with van der Waals surface area (Å²) in [5.41, 5.74) is 0.647. The lowest BCUT2D eigenvalue weighted by molar-refractivity contribution is -0.140. The van der Waals surface area contributed by atoms with Crippen molar-refractivity contribution in [2.24, 2.45) is 0 Å². The highest BCUT2D eigenvalue weighted by Gasteiger charge is 2.31. The maximum atomic E-state index is 13.5. The zero-order valence-electron chi connectivity index (χ0n) is 20.3. The van der Waals surface area contributed by atoms with Crippen LogP contribution in [0.1, 0.15) is 33.3 Å². The number of methoxy groups -OCH3 is 1. The summed E-state index contributed by atoms with van der Waals surface area (Å²) < 4.78 is 32.2. The smallest absolute Gasteiger partial charge is 0.244 e. The molecule has 0 unspecified atom stereocenters. The molecule has 186 valence electrons. The Hall–Kier alpha value is -2.59. The number of carbonyl (C=O) groups excluding carboxylic acids is 2. The van der Waals surface area contributed by atoms with Gasteiger partial charge in [-0.3, -0.25) is 13.9 Å². The maximum absolute atomic E-state index is 13.5. The minimum atomic E-state index is -3.78. The Labute approximate surface area is 210 Å². The first-order valence-electron chi connectivity index (χ1n) is 10.7. The minimum Gasteiger partial charge on any atom is -0.497 e. The van der Waals surface area contributed by atoms with Gasteiger partial charge in [-0.25, -0.2) is 8.42 Å². The van der Waals surface area contributed by atoms with Crippen molar-refractivity contribution in [2.45, 2.75) is 45.8 Å². The molecule has 2 amide bonds. The molecule has 34 heavy (non-hydrogen) atoms. The highest BCUT2D eigenvalue weighted by Crippen LogP contribution is 2.22. The first-order chi connectivity index (χ1) is 15.7. The van der Waals surface area contributed by atoms with E-state index in [0.29, 0.717) is 11.4 Å². The number of nitrogens with zero attached hydrogens (tertiary/aromatic N) is 2. The molecule has 0 aliphatic carbocycles. The van der Waals surface area contributed by atoms with Crippen molar-refractivity contribution in [1.29, 1.82) is 0 Å². The SMILES string of the molecule is COc1ccc(N(CC(=O)N(Cc2ccc(Br)cc2)[C@@H](C)C(=O)NC(C)(C)C)S(C)(=O)=O)cc1. The van der Waals surface area contributed by atoms with Crippen LogP contribution in [0.3, 0.4) is 0 Å². The van der Waals surface area contributed by atoms with Gasteiger partial charge in [-0.15, -0.1) is 0 Å². The summed E-state index contributed by atoms with van der Waals surface area (Å²) in [7, 11) is -2.27. The Balaban J connectivity index is 2.38. The van der Waals surface area contributed by atoms with Crippen LogP contribution >= 0.6 is 15.9 Å². The highest BCUT2D eigenvalue weighted by atomic mass is 79.9. The van der Waals surface area contributed by atoms with Gasteiger partial charge in [0.1, 0.15) is 18.3 Å². The van der Waals surface area contributed by atoms with Gasteiger partial charge in [-0.05, 0) is 69.7 Å². The molecule has 2 aromatic carbocycles. The van der Waals surface area contributed by atoms with E-state index in [0.717, 1.165) is 20.6 Å². The van der Waals surface area contributed by atoms with Gasteiger partial charge < -0.3 is 15.0 Å². The van der Waals surface area contributed by atoms with Gasteiger partial charge in [-0.2, -0.15) is 0 Å². The molecular formula is C24H32BrN3O5S. The summed E-state index contributed by atoms with van der Waals surface area (Å²) in [6, 6.07) is 12.9. The number of amides is 2. The van der Waals surface area contributed by atoms with Crippen molar-refractivity contribution in [3.8, 4) is 5.75 Å². The van der Waals surface area contributed by atoms with E-state index >= 15 is 0 Å². The molecule has 0 aromatic heterocycles. The van der Waals surface area contributed by atoms with Gasteiger partial charge in [0.2, 0.25) is 21.8 Å². The second kappa shape index (κ2) is 11.2. The molecule has 10 heteroatoms. The fourth-order valence-electron chi connectivity index (χ4n) is 3.21. The number of nitrogens with one attached hydrogen (secondary N) is 1. The molecule has 0 saturated carbocycles. The van der Waals surface area contributed by atoms with Crippen LogP contribution in [0.2, 0.25) is 0 Å². The Bertz CT molecular complexity index is 1100. The van der Waals surface area contributed by atoms with E-state index in [2.05, 4.69) is 21.2 Å². The summed E-state index contributed by atoms with van der Waals surface area (Å²) >= 11 is 3.39. The van der Waals surface area contributed by atoms with E-state index < -0.39 is 34.1 Å². The lowest BCUT2D eigenvalue weighted by Crippen LogP contribution is -2.54. The summed E-state index contributed by atoms with van der Waals surface area (Å²) in [5.74, 6) is -0.262. The van der Waals surface area contributed by atoms with Crippen molar-refractivity contribution >= 4 is 43.5 Å². The Morgan fingerprint density at radius 3 is 2.09 bits per heavy atom. The topological polar surface area (TPSA) is 96.0 Å². The van der Waals surface area contributed by atoms with E-state index in [-0.39, 0.29) is 12.5 Å². The molecule has 2 rings (SSSR count). The molecule has 8 nitrogen and oxygen atoms in total. The second-order valence-electron chi connectivity index (χ2n) is 9.03. The maximum Gasteiger partial charge on any atom is 0.244 e. The monoisotopic (exact) mass is 553 g/mol. The Morgan fingerprint density at radius 1 is 1.06 bits per heavy atom. The number of benzene rings is 2. The summed E-state index contributed by atoms with van der Waals surface area (Å²) in [4.78, 5) is 27.8. The van der Waals surface area contributed by atoms with Gasteiger partial charge >= 0.3 is 0 Å². The van der Waals surface area contributed by atoms with Crippen LogP contribution in [0.15, 0.2) is 53.0 Å². The Kier molecular flexibility index (Phi) is 9.13. The van der Waals surface area contributed by atoms with Gasteiger partial charge in [0.25, 0.3) is 0 Å². The fraction of sp³-hybridized carbons (Fsp3) is 0.417. The van der Waals surface area contributed by atoms with E-state index in [1.807, 2.05) is 45.0 Å². The third-order valence-electron chi connectivity index (χ3n) is 4.97. The van der Waals surface area contributed by atoms with Crippen LogP contribution < -0.4 is 14.4 Å². The predicted molar refractivity (Wildman–Crippen MR) is 137 cm³/mol. The van der Waals surface area contributed by atoms with Crippen LogP contribution in [0, 0.1) is 0 Å². The largest absolute Gasteiger partial charge is 0.497 e. The van der Waals surface area contributed by atoms with Crippen molar-refractivity contribution in [2.75, 3.05) is 24.2 Å². The predicted octanol–water partition coefficient (Wildman–Crippen LogP) is 3.56. The minimum absolute atomic E-state index is 0.144. The van der Waals surface area contributed by atoms with E-state index in [9.17, 15) is 18.0 Å². The molecule has 1 atom stereocenters. The summed E-state index contributed by atoms with van der Waals surface area (Å²) in [6.45, 7) is 6.89. The molecule has 0 spiro atoms. The van der Waals surface area contributed by atoms with E-state index in [4.69, 9.17) is 4.74 Å². The van der Waals surface area contributed by atoms with Crippen LogP contribution in [0.25, 0.3) is 0 Å². The highest BCUT2D eigenvalue weighted by molar-refractivity contribution is 9.10. The first-order valence-corrected chi connectivity index (χ1v) is 13.3. The number of anilines is 1. The molecular weight excluding hydrogens is 522 g/mol. The van der Waals surface area contributed by atoms with Crippen LogP contribution in [0.4, 0.5) is 5.69 Å². The first kappa shape index (κ1) is 27.7. The van der Waals surface area contributed by atoms with Crippen molar-refractivity contribution in [1.82, 2.24) is 10.2 Å². The molecule has 0 radical (unpaired) electrons. The van der Waals surface area contributed by atoms with Crippen molar-refractivity contribution < 1.29 is 22.7 Å². The third kappa shape index (κ3) is 8.02. The number of rotatable bonds is 9. The quantitative estimate of drug-likeness (QED) is 0.512. The van der Waals surface area contributed by atoms with Crippen molar-refractivity contribution in [3.63, 3.8) is 0 Å².